The lowest BCUT2D eigenvalue weighted by Crippen LogP contribution is -2.11. The van der Waals surface area contributed by atoms with Crippen molar-refractivity contribution in [3.05, 3.63) is 77.9 Å². The van der Waals surface area contributed by atoms with Crippen molar-refractivity contribution in [2.45, 2.75) is 6.61 Å². The maximum atomic E-state index is 11.5. The van der Waals surface area contributed by atoms with Crippen molar-refractivity contribution in [1.29, 1.82) is 0 Å². The van der Waals surface area contributed by atoms with E-state index in [1.54, 1.807) is 12.1 Å². The second kappa shape index (κ2) is 5.67. The van der Waals surface area contributed by atoms with Gasteiger partial charge in [-0.3, -0.25) is 4.79 Å². The van der Waals surface area contributed by atoms with E-state index in [9.17, 15) is 4.79 Å². The highest BCUT2D eigenvalue weighted by Crippen LogP contribution is 2.29. The van der Waals surface area contributed by atoms with Crippen molar-refractivity contribution in [3.63, 3.8) is 0 Å². The topological polar surface area (TPSA) is 52.3 Å². The van der Waals surface area contributed by atoms with E-state index in [4.69, 9.17) is 10.5 Å². The lowest BCUT2D eigenvalue weighted by atomic mass is 10.0. The van der Waals surface area contributed by atoms with Crippen LogP contribution in [0.4, 0.5) is 0 Å². The first kappa shape index (κ1) is 13.2. The average Bonchev–Trinajstić information content (AvgIpc) is 2.53. The molecule has 0 aromatic heterocycles. The number of benzene rings is 3. The summed E-state index contributed by atoms with van der Waals surface area (Å²) in [6.07, 6.45) is 0. The Balaban J connectivity index is 1.96. The predicted molar refractivity (Wildman–Crippen MR) is 83.2 cm³/mol. The molecule has 0 unspecified atom stereocenters. The monoisotopic (exact) mass is 277 g/mol. The molecule has 0 aliphatic carbocycles. The van der Waals surface area contributed by atoms with Gasteiger partial charge in [0.25, 0.3) is 0 Å². The summed E-state index contributed by atoms with van der Waals surface area (Å²) >= 11 is 0. The zero-order chi connectivity index (χ0) is 14.7. The second-order valence-corrected chi connectivity index (χ2v) is 4.80. The summed E-state index contributed by atoms with van der Waals surface area (Å²) in [5, 5.41) is 1.71. The molecule has 0 radical (unpaired) electrons. The van der Waals surface area contributed by atoms with Crippen LogP contribution in [0.5, 0.6) is 5.75 Å². The first-order chi connectivity index (χ1) is 10.3. The van der Waals surface area contributed by atoms with E-state index in [0.717, 1.165) is 22.1 Å². The SMILES string of the molecule is NC(=O)c1ccc(OCc2ccccc2)c2ccccc12. The molecule has 0 aliphatic heterocycles. The first-order valence-electron chi connectivity index (χ1n) is 6.74. The van der Waals surface area contributed by atoms with Gasteiger partial charge in [-0.1, -0.05) is 54.6 Å². The largest absolute Gasteiger partial charge is 0.488 e. The summed E-state index contributed by atoms with van der Waals surface area (Å²) in [6, 6.07) is 21.1. The van der Waals surface area contributed by atoms with Crippen LogP contribution in [0.25, 0.3) is 10.8 Å². The zero-order valence-corrected chi connectivity index (χ0v) is 11.5. The predicted octanol–water partition coefficient (Wildman–Crippen LogP) is 3.52. The summed E-state index contributed by atoms with van der Waals surface area (Å²) in [6.45, 7) is 0.487. The normalized spacial score (nSPS) is 10.5. The number of carbonyl (C=O) groups is 1. The number of carbonyl (C=O) groups excluding carboxylic acids is 1. The highest BCUT2D eigenvalue weighted by molar-refractivity contribution is 6.07. The third-order valence-electron chi connectivity index (χ3n) is 3.39. The molecule has 104 valence electrons. The lowest BCUT2D eigenvalue weighted by Gasteiger charge is -2.11. The van der Waals surface area contributed by atoms with Gasteiger partial charge in [-0.2, -0.15) is 0 Å². The quantitative estimate of drug-likeness (QED) is 0.793. The fourth-order valence-electron chi connectivity index (χ4n) is 2.35. The molecule has 0 atom stereocenters. The van der Waals surface area contributed by atoms with Crippen molar-refractivity contribution in [1.82, 2.24) is 0 Å². The molecule has 0 saturated carbocycles. The molecule has 3 rings (SSSR count). The average molecular weight is 277 g/mol. The molecule has 3 aromatic carbocycles. The van der Waals surface area contributed by atoms with Crippen LogP contribution in [-0.2, 0) is 6.61 Å². The van der Waals surface area contributed by atoms with Gasteiger partial charge in [0.1, 0.15) is 12.4 Å². The molecule has 0 saturated heterocycles. The molecule has 1 amide bonds. The standard InChI is InChI=1S/C18H15NO2/c19-18(20)16-10-11-17(15-9-5-4-8-14(15)16)21-12-13-6-2-1-3-7-13/h1-11H,12H2,(H2,19,20). The van der Waals surface area contributed by atoms with E-state index in [0.29, 0.717) is 12.2 Å². The van der Waals surface area contributed by atoms with Gasteiger partial charge in [0.15, 0.2) is 0 Å². The van der Waals surface area contributed by atoms with Crippen molar-refractivity contribution < 1.29 is 9.53 Å². The maximum Gasteiger partial charge on any atom is 0.249 e. The summed E-state index contributed by atoms with van der Waals surface area (Å²) in [4.78, 5) is 11.5. The Bertz CT molecular complexity index is 782. The first-order valence-corrected chi connectivity index (χ1v) is 6.74. The molecule has 0 fully saturated rings. The van der Waals surface area contributed by atoms with E-state index < -0.39 is 5.91 Å². The molecule has 3 heteroatoms. The van der Waals surface area contributed by atoms with Gasteiger partial charge in [0.05, 0.1) is 0 Å². The van der Waals surface area contributed by atoms with Gasteiger partial charge < -0.3 is 10.5 Å². The number of fused-ring (bicyclic) bond motifs is 1. The maximum absolute atomic E-state index is 11.5. The van der Waals surface area contributed by atoms with Crippen LogP contribution in [0, 0.1) is 0 Å². The van der Waals surface area contributed by atoms with Crippen molar-refractivity contribution >= 4 is 16.7 Å². The molecular weight excluding hydrogens is 262 g/mol. The highest BCUT2D eigenvalue weighted by atomic mass is 16.5. The summed E-state index contributed by atoms with van der Waals surface area (Å²) in [5.74, 6) is 0.320. The van der Waals surface area contributed by atoms with E-state index in [1.165, 1.54) is 0 Å². The van der Waals surface area contributed by atoms with Crippen LogP contribution in [0.2, 0.25) is 0 Å². The minimum atomic E-state index is -0.430. The number of amides is 1. The fraction of sp³-hybridized carbons (Fsp3) is 0.0556. The molecule has 3 aromatic rings. The van der Waals surface area contributed by atoms with Crippen LogP contribution < -0.4 is 10.5 Å². The third-order valence-corrected chi connectivity index (χ3v) is 3.39. The molecular formula is C18H15NO2. The van der Waals surface area contributed by atoms with E-state index in [1.807, 2.05) is 54.6 Å². The molecule has 0 bridgehead atoms. The Labute approximate surface area is 123 Å². The minimum Gasteiger partial charge on any atom is -0.488 e. The number of nitrogens with two attached hydrogens (primary N) is 1. The fourth-order valence-corrected chi connectivity index (χ4v) is 2.35. The number of hydrogen-bond acceptors (Lipinski definition) is 2. The number of primary amides is 1. The number of rotatable bonds is 4. The van der Waals surface area contributed by atoms with Gasteiger partial charge in [-0.05, 0) is 23.1 Å². The number of hydrogen-bond donors (Lipinski definition) is 1. The smallest absolute Gasteiger partial charge is 0.249 e. The zero-order valence-electron chi connectivity index (χ0n) is 11.5. The molecule has 0 aliphatic rings. The molecule has 3 nitrogen and oxygen atoms in total. The van der Waals surface area contributed by atoms with Gasteiger partial charge in [-0.15, -0.1) is 0 Å². The van der Waals surface area contributed by atoms with E-state index in [2.05, 4.69) is 0 Å². The minimum absolute atomic E-state index is 0.430. The lowest BCUT2D eigenvalue weighted by molar-refractivity contribution is 0.100. The third kappa shape index (κ3) is 2.72. The van der Waals surface area contributed by atoms with Gasteiger partial charge in [0, 0.05) is 10.9 Å². The molecule has 0 heterocycles. The van der Waals surface area contributed by atoms with E-state index in [-0.39, 0.29) is 0 Å². The molecule has 0 spiro atoms. The van der Waals surface area contributed by atoms with Crippen molar-refractivity contribution in [3.8, 4) is 5.75 Å². The Morgan fingerprint density at radius 3 is 2.24 bits per heavy atom. The van der Waals surface area contributed by atoms with Gasteiger partial charge in [-0.25, -0.2) is 0 Å². The van der Waals surface area contributed by atoms with Crippen LogP contribution in [-0.4, -0.2) is 5.91 Å². The highest BCUT2D eigenvalue weighted by Gasteiger charge is 2.10. The van der Waals surface area contributed by atoms with Crippen molar-refractivity contribution in [2.75, 3.05) is 0 Å². The van der Waals surface area contributed by atoms with Crippen LogP contribution in [0.3, 0.4) is 0 Å². The summed E-state index contributed by atoms with van der Waals surface area (Å²) < 4.78 is 5.89. The Hall–Kier alpha value is -2.81. The van der Waals surface area contributed by atoms with Crippen molar-refractivity contribution in [2.24, 2.45) is 5.73 Å². The molecule has 2 N–H and O–H groups in total. The summed E-state index contributed by atoms with van der Waals surface area (Å²) in [5.41, 5.74) is 7.02. The Kier molecular flexibility index (Phi) is 3.56. The van der Waals surface area contributed by atoms with Crippen LogP contribution >= 0.6 is 0 Å². The summed E-state index contributed by atoms with van der Waals surface area (Å²) in [7, 11) is 0. The van der Waals surface area contributed by atoms with Crippen LogP contribution in [0.15, 0.2) is 66.7 Å². The number of ether oxygens (including phenoxy) is 1. The second-order valence-electron chi connectivity index (χ2n) is 4.80. The van der Waals surface area contributed by atoms with Gasteiger partial charge in [0.2, 0.25) is 5.91 Å². The van der Waals surface area contributed by atoms with E-state index >= 15 is 0 Å². The van der Waals surface area contributed by atoms with Gasteiger partial charge >= 0.3 is 0 Å². The Morgan fingerprint density at radius 2 is 1.52 bits per heavy atom. The van der Waals surface area contributed by atoms with Crippen LogP contribution in [0.1, 0.15) is 15.9 Å². The Morgan fingerprint density at radius 1 is 0.857 bits per heavy atom. The molecule has 21 heavy (non-hydrogen) atoms.